The van der Waals surface area contributed by atoms with E-state index in [0.29, 0.717) is 115 Å². The summed E-state index contributed by atoms with van der Waals surface area (Å²) in [4.78, 5) is 56.4. The molecule has 0 aromatic rings. The number of nitrogens with zero attached hydrogens (tertiary/aromatic N) is 2. The van der Waals surface area contributed by atoms with Crippen LogP contribution >= 0.6 is 0 Å². The second kappa shape index (κ2) is 76.3. The van der Waals surface area contributed by atoms with E-state index in [0.717, 1.165) is 174 Å². The molecule has 0 aromatic heterocycles. The maximum atomic E-state index is 12.9. The highest BCUT2D eigenvalue weighted by Gasteiger charge is 2.18. The number of carbonyl (C=O) groups is 4. The van der Waals surface area contributed by atoms with Gasteiger partial charge >= 0.3 is 23.9 Å². The number of esters is 4. The van der Waals surface area contributed by atoms with Crippen LogP contribution in [0.25, 0.3) is 0 Å². The molecule has 0 aromatic carbocycles. The molecule has 576 valence electrons. The van der Waals surface area contributed by atoms with E-state index in [1.807, 2.05) is 0 Å². The van der Waals surface area contributed by atoms with Gasteiger partial charge in [0.15, 0.2) is 0 Å². The zero-order chi connectivity index (χ0) is 70.8. The molecule has 0 N–H and O–H groups in total. The van der Waals surface area contributed by atoms with Crippen LogP contribution in [0.15, 0.2) is 0 Å². The number of hydrogen-bond donors (Lipinski definition) is 0. The minimum absolute atomic E-state index is 0.0374. The lowest BCUT2D eigenvalue weighted by atomic mass is 9.96. The van der Waals surface area contributed by atoms with Crippen molar-refractivity contribution in [3.05, 3.63) is 0 Å². The van der Waals surface area contributed by atoms with Crippen LogP contribution in [-0.4, -0.2) is 139 Å². The van der Waals surface area contributed by atoms with E-state index in [1.54, 1.807) is 0 Å². The minimum Gasteiger partial charge on any atom is -0.465 e. The van der Waals surface area contributed by atoms with Crippen LogP contribution in [-0.2, 0) is 52.3 Å². The Balaban J connectivity index is 5.09. The van der Waals surface area contributed by atoms with Gasteiger partial charge in [-0.3, -0.25) is 19.2 Å². The van der Waals surface area contributed by atoms with E-state index in [4.69, 9.17) is 33.2 Å². The van der Waals surface area contributed by atoms with Gasteiger partial charge in [-0.05, 0) is 165 Å². The summed E-state index contributed by atoms with van der Waals surface area (Å²) < 4.78 is 41.4. The SMILES string of the molecule is CCCCCCCCC(CCCC)COC(=O)CCCCCN(CCCCCC(=O)OCC(CCCC)CCCCCC)CCCOCCOCCOCCCN(CCCCCC(=O)OCC(CCCC)CCCCCC)CCCCCC(=O)OCC(CCCC)CCCCCC. The average Bonchev–Trinajstić information content (AvgIpc) is 3.81. The van der Waals surface area contributed by atoms with Crippen molar-refractivity contribution in [2.45, 2.75) is 389 Å². The average molecular weight is 1380 g/mol. The first-order valence-electron chi connectivity index (χ1n) is 42.4. The van der Waals surface area contributed by atoms with Crippen LogP contribution in [0.1, 0.15) is 389 Å². The molecule has 0 radical (unpaired) electrons. The first-order chi connectivity index (χ1) is 47.6. The third-order valence-electron chi connectivity index (χ3n) is 19.8. The Morgan fingerprint density at radius 1 is 0.216 bits per heavy atom. The highest BCUT2D eigenvalue weighted by Crippen LogP contribution is 2.23. The molecule has 13 heteroatoms. The van der Waals surface area contributed by atoms with Crippen molar-refractivity contribution in [1.82, 2.24) is 9.80 Å². The monoisotopic (exact) mass is 1380 g/mol. The van der Waals surface area contributed by atoms with E-state index >= 15 is 0 Å². The van der Waals surface area contributed by atoms with Gasteiger partial charge in [0.05, 0.1) is 52.9 Å². The standard InChI is InChI=1S/C84H164N2O11/c1-9-17-25-29-30-38-56-80(52-24-16-8)76-97-84(90)60-42-34-46-64-86(63-45-33-41-59-83(89)96-75-79(51-23-15-7)55-37-28-20-12-4)66-48-68-92-70-72-93-71-69-91-67-47-65-85(61-43-31-39-57-81(87)94-73-77(49-21-13-5)53-35-26-18-10-2)62-44-32-40-58-82(88)95-74-78(50-22-14-6)54-36-27-19-11-3/h77-80H,9-76H2,1-8H3. The molecule has 13 nitrogen and oxygen atoms in total. The molecule has 0 fully saturated rings. The summed E-state index contributed by atoms with van der Waals surface area (Å²) in [6.45, 7) is 29.7. The minimum atomic E-state index is -0.0412. The smallest absolute Gasteiger partial charge is 0.305 e. The summed E-state index contributed by atoms with van der Waals surface area (Å²) >= 11 is 0. The van der Waals surface area contributed by atoms with Crippen molar-refractivity contribution in [2.24, 2.45) is 23.7 Å². The van der Waals surface area contributed by atoms with E-state index in [2.05, 4.69) is 65.2 Å². The van der Waals surface area contributed by atoms with Gasteiger partial charge < -0.3 is 43.0 Å². The van der Waals surface area contributed by atoms with Crippen LogP contribution in [0.2, 0.25) is 0 Å². The van der Waals surface area contributed by atoms with Crippen molar-refractivity contribution in [3.8, 4) is 0 Å². The third kappa shape index (κ3) is 67.9. The summed E-state index contributed by atoms with van der Waals surface area (Å²) in [5, 5.41) is 0. The van der Waals surface area contributed by atoms with Gasteiger partial charge in [0.25, 0.3) is 0 Å². The molecule has 0 heterocycles. The summed E-state index contributed by atoms with van der Waals surface area (Å²) in [6, 6.07) is 0. The molecule has 0 amide bonds. The molecular weight excluding hydrogens is 1210 g/mol. The molecule has 0 aliphatic carbocycles. The van der Waals surface area contributed by atoms with Crippen LogP contribution in [0.3, 0.4) is 0 Å². The second-order valence-corrected chi connectivity index (χ2v) is 29.3. The fourth-order valence-electron chi connectivity index (χ4n) is 13.3. The highest BCUT2D eigenvalue weighted by atomic mass is 16.6. The Bertz CT molecular complexity index is 1600. The van der Waals surface area contributed by atoms with Gasteiger partial charge in [-0.2, -0.15) is 0 Å². The number of ether oxygens (including phenoxy) is 7. The van der Waals surface area contributed by atoms with Crippen LogP contribution in [0.5, 0.6) is 0 Å². The summed E-state index contributed by atoms with van der Waals surface area (Å²) in [5.41, 5.74) is 0. The van der Waals surface area contributed by atoms with Crippen molar-refractivity contribution >= 4 is 23.9 Å². The molecule has 0 bridgehead atoms. The number of carbonyl (C=O) groups excluding carboxylic acids is 4. The number of rotatable bonds is 80. The molecule has 0 aliphatic heterocycles. The number of hydrogen-bond acceptors (Lipinski definition) is 13. The largest absolute Gasteiger partial charge is 0.465 e. The molecule has 0 saturated carbocycles. The summed E-state index contributed by atoms with van der Waals surface area (Å²) in [7, 11) is 0. The Hall–Kier alpha value is -2.32. The molecule has 0 aliphatic rings. The van der Waals surface area contributed by atoms with Gasteiger partial charge in [-0.15, -0.1) is 0 Å². The Morgan fingerprint density at radius 3 is 0.670 bits per heavy atom. The lowest BCUT2D eigenvalue weighted by Crippen LogP contribution is -2.28. The maximum absolute atomic E-state index is 12.9. The van der Waals surface area contributed by atoms with E-state index < -0.39 is 0 Å². The number of unbranched alkanes of at least 4 members (excludes halogenated alkanes) is 26. The Labute approximate surface area is 601 Å². The van der Waals surface area contributed by atoms with Gasteiger partial charge in [0.1, 0.15) is 0 Å². The molecule has 0 saturated heterocycles. The van der Waals surface area contributed by atoms with Crippen molar-refractivity contribution in [2.75, 3.05) is 105 Å². The van der Waals surface area contributed by atoms with Gasteiger partial charge in [-0.25, -0.2) is 0 Å². The van der Waals surface area contributed by atoms with Gasteiger partial charge in [0.2, 0.25) is 0 Å². The lowest BCUT2D eigenvalue weighted by Gasteiger charge is -2.22. The van der Waals surface area contributed by atoms with Crippen LogP contribution < -0.4 is 0 Å². The van der Waals surface area contributed by atoms with E-state index in [1.165, 1.54) is 173 Å². The van der Waals surface area contributed by atoms with Crippen LogP contribution in [0, 0.1) is 23.7 Å². The predicted molar refractivity (Wildman–Crippen MR) is 409 cm³/mol. The van der Waals surface area contributed by atoms with Crippen molar-refractivity contribution < 1.29 is 52.3 Å². The van der Waals surface area contributed by atoms with Crippen LogP contribution in [0.4, 0.5) is 0 Å². The maximum Gasteiger partial charge on any atom is 0.305 e. The topological polar surface area (TPSA) is 139 Å². The fraction of sp³-hybridized carbons (Fsp3) is 0.952. The first kappa shape index (κ1) is 94.7. The zero-order valence-corrected chi connectivity index (χ0v) is 65.8. The highest BCUT2D eigenvalue weighted by molar-refractivity contribution is 5.70. The first-order valence-corrected chi connectivity index (χ1v) is 42.4. The molecule has 97 heavy (non-hydrogen) atoms. The fourth-order valence-corrected chi connectivity index (χ4v) is 13.3. The van der Waals surface area contributed by atoms with E-state index in [-0.39, 0.29) is 23.9 Å². The summed E-state index contributed by atoms with van der Waals surface area (Å²) in [6.07, 6.45) is 57.2. The van der Waals surface area contributed by atoms with Crippen molar-refractivity contribution in [1.29, 1.82) is 0 Å². The van der Waals surface area contributed by atoms with Gasteiger partial charge in [0, 0.05) is 52.0 Å². The third-order valence-corrected chi connectivity index (χ3v) is 19.8. The zero-order valence-electron chi connectivity index (χ0n) is 65.8. The van der Waals surface area contributed by atoms with Crippen molar-refractivity contribution in [3.63, 3.8) is 0 Å². The molecule has 0 spiro atoms. The second-order valence-electron chi connectivity index (χ2n) is 29.3. The Kier molecular flexibility index (Phi) is 74.5. The molecule has 4 atom stereocenters. The summed E-state index contributed by atoms with van der Waals surface area (Å²) in [5.74, 6) is 1.80. The van der Waals surface area contributed by atoms with Gasteiger partial charge in [-0.1, -0.05) is 248 Å². The molecule has 0 rings (SSSR count). The quantitative estimate of drug-likeness (QED) is 0.0325. The molecular formula is C84H164N2O11. The predicted octanol–water partition coefficient (Wildman–Crippen LogP) is 22.7. The lowest BCUT2D eigenvalue weighted by molar-refractivity contribution is -0.146. The molecule has 4 unspecified atom stereocenters. The van der Waals surface area contributed by atoms with E-state index in [9.17, 15) is 19.2 Å². The Morgan fingerprint density at radius 2 is 0.412 bits per heavy atom. The normalized spacial score (nSPS) is 13.0.